The second-order valence-corrected chi connectivity index (χ2v) is 9.89. The number of rotatable bonds is 9. The Morgan fingerprint density at radius 1 is 1.03 bits per heavy atom. The molecule has 0 amide bonds. The Kier molecular flexibility index (Phi) is 7.53. The summed E-state index contributed by atoms with van der Waals surface area (Å²) < 4.78 is 24.4. The van der Waals surface area contributed by atoms with E-state index in [1.165, 1.54) is 18.4 Å². The van der Waals surface area contributed by atoms with Crippen LogP contribution < -0.4 is 14.2 Å². The van der Waals surface area contributed by atoms with Crippen molar-refractivity contribution in [1.29, 1.82) is 0 Å². The summed E-state index contributed by atoms with van der Waals surface area (Å²) in [6.07, 6.45) is 1.33. The maximum atomic E-state index is 12.6. The first-order chi connectivity index (χ1) is 18.5. The number of benzene rings is 3. The van der Waals surface area contributed by atoms with Gasteiger partial charge in [-0.15, -0.1) is 11.3 Å². The van der Waals surface area contributed by atoms with Crippen molar-refractivity contribution in [2.45, 2.75) is 19.6 Å². The second-order valence-electron chi connectivity index (χ2n) is 8.45. The SMILES string of the molecule is COC(=O)c1sc(-n2cnc3ccc(OCc4ccc(OC)cc4)cc32)cc1O[C@H](C)c1ccccc1Cl. The fourth-order valence-electron chi connectivity index (χ4n) is 4.00. The van der Waals surface area contributed by atoms with Crippen LogP contribution in [0.15, 0.2) is 79.1 Å². The number of ether oxygens (including phenoxy) is 4. The van der Waals surface area contributed by atoms with Gasteiger partial charge in [-0.25, -0.2) is 9.78 Å². The summed E-state index contributed by atoms with van der Waals surface area (Å²) in [6, 6.07) is 22.7. The Morgan fingerprint density at radius 3 is 2.53 bits per heavy atom. The van der Waals surface area contributed by atoms with E-state index in [0.29, 0.717) is 28.0 Å². The van der Waals surface area contributed by atoms with Gasteiger partial charge in [-0.1, -0.05) is 41.9 Å². The third-order valence-corrected chi connectivity index (χ3v) is 7.46. The summed E-state index contributed by atoms with van der Waals surface area (Å²) in [5.74, 6) is 1.43. The number of nitrogens with zero attached hydrogens (tertiary/aromatic N) is 2. The minimum Gasteiger partial charge on any atom is -0.497 e. The van der Waals surface area contributed by atoms with Crippen molar-refractivity contribution in [3.63, 3.8) is 0 Å². The van der Waals surface area contributed by atoms with Crippen LogP contribution in [0.4, 0.5) is 0 Å². The highest BCUT2D eigenvalue weighted by Crippen LogP contribution is 2.38. The van der Waals surface area contributed by atoms with Gasteiger partial charge < -0.3 is 18.9 Å². The van der Waals surface area contributed by atoms with E-state index >= 15 is 0 Å². The quantitative estimate of drug-likeness (QED) is 0.181. The zero-order valence-corrected chi connectivity index (χ0v) is 22.6. The number of esters is 1. The lowest BCUT2D eigenvalue weighted by atomic mass is 10.1. The maximum Gasteiger partial charge on any atom is 0.351 e. The highest BCUT2D eigenvalue weighted by atomic mass is 35.5. The smallest absolute Gasteiger partial charge is 0.351 e. The van der Waals surface area contributed by atoms with Crippen molar-refractivity contribution in [3.05, 3.63) is 100 Å². The molecule has 0 aliphatic carbocycles. The first kappa shape index (κ1) is 25.6. The molecule has 0 saturated heterocycles. The van der Waals surface area contributed by atoms with Crippen LogP contribution in [0.3, 0.4) is 0 Å². The molecule has 5 rings (SSSR count). The monoisotopic (exact) mass is 548 g/mol. The van der Waals surface area contributed by atoms with Crippen molar-refractivity contribution in [3.8, 4) is 22.2 Å². The van der Waals surface area contributed by atoms with Crippen LogP contribution in [0, 0.1) is 0 Å². The highest BCUT2D eigenvalue weighted by molar-refractivity contribution is 7.16. The topological polar surface area (TPSA) is 71.8 Å². The van der Waals surface area contributed by atoms with Gasteiger partial charge in [0.2, 0.25) is 0 Å². The van der Waals surface area contributed by atoms with Gasteiger partial charge in [0.15, 0.2) is 4.88 Å². The van der Waals surface area contributed by atoms with Crippen molar-refractivity contribution in [1.82, 2.24) is 9.55 Å². The lowest BCUT2D eigenvalue weighted by molar-refractivity contribution is 0.0600. The molecule has 3 aromatic carbocycles. The van der Waals surface area contributed by atoms with E-state index in [-0.39, 0.29) is 6.10 Å². The number of hydrogen-bond acceptors (Lipinski definition) is 7. The molecule has 0 aliphatic heterocycles. The fourth-order valence-corrected chi connectivity index (χ4v) is 5.29. The van der Waals surface area contributed by atoms with Gasteiger partial charge in [0, 0.05) is 22.7 Å². The highest BCUT2D eigenvalue weighted by Gasteiger charge is 2.23. The van der Waals surface area contributed by atoms with Crippen LogP contribution in [0.1, 0.15) is 33.8 Å². The number of hydrogen-bond donors (Lipinski definition) is 0. The van der Waals surface area contributed by atoms with E-state index in [4.69, 9.17) is 30.5 Å². The van der Waals surface area contributed by atoms with E-state index in [9.17, 15) is 4.79 Å². The number of carbonyl (C=O) groups excluding carboxylic acids is 1. The standard InChI is InChI=1S/C29H25ClN2O5S/c1-18(22-6-4-5-7-23(22)30)37-26-15-27(38-28(26)29(33)35-3)32-17-31-24-13-12-21(14-25(24)32)36-16-19-8-10-20(34-2)11-9-19/h4-15,17-18H,16H2,1-3H3/t18-/m1/s1. The largest absolute Gasteiger partial charge is 0.497 e. The van der Waals surface area contributed by atoms with Gasteiger partial charge >= 0.3 is 5.97 Å². The Balaban J connectivity index is 1.43. The Labute approximate surface area is 229 Å². The number of aromatic nitrogens is 2. The molecule has 0 bridgehead atoms. The molecule has 38 heavy (non-hydrogen) atoms. The molecule has 5 aromatic rings. The molecule has 9 heteroatoms. The Hall–Kier alpha value is -4.01. The van der Waals surface area contributed by atoms with Gasteiger partial charge in [-0.2, -0.15) is 0 Å². The lowest BCUT2D eigenvalue weighted by Crippen LogP contribution is -2.07. The molecule has 0 spiro atoms. The van der Waals surface area contributed by atoms with Gasteiger partial charge in [-0.3, -0.25) is 4.57 Å². The minimum atomic E-state index is -0.476. The molecule has 194 valence electrons. The summed E-state index contributed by atoms with van der Waals surface area (Å²) in [5.41, 5.74) is 3.47. The van der Waals surface area contributed by atoms with E-state index in [0.717, 1.165) is 32.9 Å². The normalized spacial score (nSPS) is 11.8. The molecule has 0 unspecified atom stereocenters. The van der Waals surface area contributed by atoms with Gasteiger partial charge in [0.25, 0.3) is 0 Å². The first-order valence-electron chi connectivity index (χ1n) is 11.8. The van der Waals surface area contributed by atoms with E-state index in [1.54, 1.807) is 13.4 Å². The molecule has 0 saturated carbocycles. The average molecular weight is 549 g/mol. The predicted octanol–water partition coefficient (Wildman–Crippen LogP) is 7.25. The number of carbonyl (C=O) groups is 1. The third-order valence-electron chi connectivity index (χ3n) is 6.02. The number of imidazole rings is 1. The van der Waals surface area contributed by atoms with Crippen LogP contribution in [-0.4, -0.2) is 29.7 Å². The van der Waals surface area contributed by atoms with Crippen LogP contribution in [0.5, 0.6) is 17.2 Å². The van der Waals surface area contributed by atoms with E-state index in [1.807, 2.05) is 84.3 Å². The van der Waals surface area contributed by atoms with Crippen molar-refractivity contribution in [2.75, 3.05) is 14.2 Å². The summed E-state index contributed by atoms with van der Waals surface area (Å²) in [4.78, 5) is 17.5. The van der Waals surface area contributed by atoms with Crippen molar-refractivity contribution in [2.24, 2.45) is 0 Å². The molecule has 0 radical (unpaired) electrons. The second kappa shape index (κ2) is 11.2. The summed E-state index contributed by atoms with van der Waals surface area (Å²) in [6.45, 7) is 2.30. The first-order valence-corrected chi connectivity index (χ1v) is 13.0. The lowest BCUT2D eigenvalue weighted by Gasteiger charge is -2.16. The van der Waals surface area contributed by atoms with Crippen LogP contribution in [0.2, 0.25) is 5.02 Å². The fraction of sp³-hybridized carbons (Fsp3) is 0.172. The molecule has 0 N–H and O–H groups in total. The van der Waals surface area contributed by atoms with Gasteiger partial charge in [0.1, 0.15) is 41.3 Å². The number of methoxy groups -OCH3 is 2. The van der Waals surface area contributed by atoms with Crippen LogP contribution in [0.25, 0.3) is 16.0 Å². The van der Waals surface area contributed by atoms with E-state index in [2.05, 4.69) is 4.98 Å². The predicted molar refractivity (Wildman–Crippen MR) is 148 cm³/mol. The zero-order chi connectivity index (χ0) is 26.6. The molecule has 2 heterocycles. The number of thiophene rings is 1. The molecule has 0 fully saturated rings. The van der Waals surface area contributed by atoms with Crippen LogP contribution in [-0.2, 0) is 11.3 Å². The summed E-state index contributed by atoms with van der Waals surface area (Å²) in [5, 5.41) is 1.35. The van der Waals surface area contributed by atoms with Gasteiger partial charge in [-0.05, 0) is 42.8 Å². The maximum absolute atomic E-state index is 12.6. The third kappa shape index (κ3) is 5.32. The van der Waals surface area contributed by atoms with Gasteiger partial charge in [0.05, 0.1) is 25.3 Å². The zero-order valence-electron chi connectivity index (χ0n) is 21.0. The summed E-state index contributed by atoms with van der Waals surface area (Å²) in [7, 11) is 2.99. The Morgan fingerprint density at radius 2 is 1.79 bits per heavy atom. The number of halogens is 1. The van der Waals surface area contributed by atoms with Crippen molar-refractivity contribution >= 4 is 39.9 Å². The minimum absolute atomic E-state index is 0.357. The van der Waals surface area contributed by atoms with E-state index < -0.39 is 5.97 Å². The summed E-state index contributed by atoms with van der Waals surface area (Å²) >= 11 is 7.62. The number of fused-ring (bicyclic) bond motifs is 1. The molecule has 1 atom stereocenters. The molecular formula is C29H25ClN2O5S. The Bertz CT molecular complexity index is 1580. The average Bonchev–Trinajstić information content (AvgIpc) is 3.55. The molecule has 0 aliphatic rings. The van der Waals surface area contributed by atoms with Crippen LogP contribution >= 0.6 is 22.9 Å². The molecule has 2 aromatic heterocycles. The molecule has 7 nitrogen and oxygen atoms in total. The molecular weight excluding hydrogens is 524 g/mol. The van der Waals surface area contributed by atoms with Crippen molar-refractivity contribution < 1.29 is 23.7 Å².